The fraction of sp³-hybridized carbons (Fsp3) is 0.944. The van der Waals surface area contributed by atoms with Crippen molar-refractivity contribution in [2.75, 3.05) is 19.6 Å². The number of nitrogens with zero attached hydrogens (tertiary/aromatic N) is 1. The van der Waals surface area contributed by atoms with E-state index in [1.54, 1.807) is 0 Å². The highest BCUT2D eigenvalue weighted by Crippen LogP contribution is 2.22. The van der Waals surface area contributed by atoms with Crippen molar-refractivity contribution in [3.8, 4) is 0 Å². The van der Waals surface area contributed by atoms with Gasteiger partial charge < -0.3 is 10.2 Å². The predicted octanol–water partition coefficient (Wildman–Crippen LogP) is 3.97. The van der Waals surface area contributed by atoms with Gasteiger partial charge >= 0.3 is 0 Å². The van der Waals surface area contributed by atoms with Gasteiger partial charge in [-0.2, -0.15) is 0 Å². The molecule has 0 spiro atoms. The Morgan fingerprint density at radius 2 is 2.05 bits per heavy atom. The molecule has 21 heavy (non-hydrogen) atoms. The van der Waals surface area contributed by atoms with Crippen LogP contribution in [0.1, 0.15) is 78.6 Å². The molecule has 0 aromatic rings. The molecule has 1 aliphatic heterocycles. The Bertz CT molecular complexity index is 280. The Hall–Kier alpha value is -0.570. The van der Waals surface area contributed by atoms with Gasteiger partial charge in [-0.1, -0.05) is 33.6 Å². The van der Waals surface area contributed by atoms with Crippen molar-refractivity contribution in [3.05, 3.63) is 0 Å². The van der Waals surface area contributed by atoms with Crippen LogP contribution in [0.4, 0.5) is 0 Å². The van der Waals surface area contributed by atoms with Gasteiger partial charge in [0.15, 0.2) is 0 Å². The lowest BCUT2D eigenvalue weighted by molar-refractivity contribution is -0.130. The summed E-state index contributed by atoms with van der Waals surface area (Å²) < 4.78 is 0. The summed E-state index contributed by atoms with van der Waals surface area (Å²) in [5, 5.41) is 3.60. The molecule has 1 rings (SSSR count). The molecule has 0 aromatic carbocycles. The van der Waals surface area contributed by atoms with Gasteiger partial charge in [0.05, 0.1) is 0 Å². The van der Waals surface area contributed by atoms with Crippen molar-refractivity contribution < 1.29 is 4.79 Å². The molecule has 1 aliphatic rings. The number of hydrogen-bond acceptors (Lipinski definition) is 2. The van der Waals surface area contributed by atoms with E-state index in [0.717, 1.165) is 44.8 Å². The monoisotopic (exact) mass is 296 g/mol. The van der Waals surface area contributed by atoms with Crippen molar-refractivity contribution in [3.63, 3.8) is 0 Å². The first-order chi connectivity index (χ1) is 10.2. The lowest BCUT2D eigenvalue weighted by Crippen LogP contribution is -2.34. The zero-order valence-corrected chi connectivity index (χ0v) is 14.5. The minimum atomic E-state index is 0.392. The molecule has 124 valence electrons. The van der Waals surface area contributed by atoms with Crippen LogP contribution in [0.3, 0.4) is 0 Å². The van der Waals surface area contributed by atoms with Crippen LogP contribution >= 0.6 is 0 Å². The maximum Gasteiger partial charge on any atom is 0.222 e. The van der Waals surface area contributed by atoms with Crippen LogP contribution in [-0.4, -0.2) is 36.5 Å². The summed E-state index contributed by atoms with van der Waals surface area (Å²) in [6.45, 7) is 9.77. The standard InChI is InChI=1S/C18H36N2O/c1-4-8-16-10-11-18(21)20(15-12-16)14-7-9-17(6-3)19-13-5-2/h16-17,19H,4-15H2,1-3H3. The second kappa shape index (κ2) is 11.1. The van der Waals surface area contributed by atoms with E-state index in [9.17, 15) is 4.79 Å². The largest absolute Gasteiger partial charge is 0.343 e. The van der Waals surface area contributed by atoms with Gasteiger partial charge in [0.1, 0.15) is 0 Å². The minimum Gasteiger partial charge on any atom is -0.343 e. The van der Waals surface area contributed by atoms with Crippen LogP contribution in [0, 0.1) is 5.92 Å². The lowest BCUT2D eigenvalue weighted by Gasteiger charge is -2.23. The number of amides is 1. The van der Waals surface area contributed by atoms with Gasteiger partial charge in [0.2, 0.25) is 5.91 Å². The van der Waals surface area contributed by atoms with Crippen molar-refractivity contribution in [1.82, 2.24) is 10.2 Å². The zero-order valence-electron chi connectivity index (χ0n) is 14.5. The molecule has 0 saturated carbocycles. The number of rotatable bonds is 10. The summed E-state index contributed by atoms with van der Waals surface area (Å²) in [5.41, 5.74) is 0. The zero-order chi connectivity index (χ0) is 15.5. The molecule has 3 heteroatoms. The van der Waals surface area contributed by atoms with Gasteiger partial charge in [-0.25, -0.2) is 0 Å². The molecule has 1 heterocycles. The fourth-order valence-electron chi connectivity index (χ4n) is 3.35. The summed E-state index contributed by atoms with van der Waals surface area (Å²) in [6.07, 6.45) is 10.4. The van der Waals surface area contributed by atoms with E-state index < -0.39 is 0 Å². The normalized spacial score (nSPS) is 21.4. The SMILES string of the molecule is CCCNC(CC)CCCN1CCC(CCC)CCC1=O. The third kappa shape index (κ3) is 7.30. The number of carbonyl (C=O) groups excluding carboxylic acids is 1. The summed E-state index contributed by atoms with van der Waals surface area (Å²) >= 11 is 0. The molecular weight excluding hydrogens is 260 g/mol. The molecule has 1 fully saturated rings. The van der Waals surface area contributed by atoms with Crippen molar-refractivity contribution in [2.45, 2.75) is 84.6 Å². The first-order valence-corrected chi connectivity index (χ1v) is 9.22. The molecular formula is C18H36N2O. The molecule has 0 aromatic heterocycles. The lowest BCUT2D eigenvalue weighted by atomic mass is 9.96. The Morgan fingerprint density at radius 3 is 2.71 bits per heavy atom. The third-order valence-corrected chi connectivity index (χ3v) is 4.78. The molecule has 1 amide bonds. The Kier molecular flexibility index (Phi) is 9.73. The van der Waals surface area contributed by atoms with Crippen LogP contribution in [0.25, 0.3) is 0 Å². The van der Waals surface area contributed by atoms with Crippen molar-refractivity contribution in [2.24, 2.45) is 5.92 Å². The van der Waals surface area contributed by atoms with Gasteiger partial charge in [-0.05, 0) is 51.0 Å². The summed E-state index contributed by atoms with van der Waals surface area (Å²) in [5.74, 6) is 1.17. The van der Waals surface area contributed by atoms with E-state index in [2.05, 4.69) is 31.0 Å². The minimum absolute atomic E-state index is 0.392. The summed E-state index contributed by atoms with van der Waals surface area (Å²) in [6, 6.07) is 0.625. The predicted molar refractivity (Wildman–Crippen MR) is 90.4 cm³/mol. The Labute approximate surface area is 131 Å². The molecule has 0 radical (unpaired) electrons. The van der Waals surface area contributed by atoms with Crippen LogP contribution in [0.5, 0.6) is 0 Å². The maximum absolute atomic E-state index is 12.2. The van der Waals surface area contributed by atoms with Crippen molar-refractivity contribution >= 4 is 5.91 Å². The van der Waals surface area contributed by atoms with E-state index in [-0.39, 0.29) is 0 Å². The Balaban J connectivity index is 2.28. The van der Waals surface area contributed by atoms with E-state index in [1.165, 1.54) is 38.5 Å². The second-order valence-electron chi connectivity index (χ2n) is 6.56. The molecule has 0 aliphatic carbocycles. The van der Waals surface area contributed by atoms with Gasteiger partial charge in [0, 0.05) is 25.6 Å². The molecule has 3 nitrogen and oxygen atoms in total. The highest BCUT2D eigenvalue weighted by molar-refractivity contribution is 5.76. The summed E-state index contributed by atoms with van der Waals surface area (Å²) in [4.78, 5) is 14.3. The number of likely N-dealkylation sites (tertiary alicyclic amines) is 1. The molecule has 0 bridgehead atoms. The fourth-order valence-corrected chi connectivity index (χ4v) is 3.35. The van der Waals surface area contributed by atoms with Crippen molar-refractivity contribution in [1.29, 1.82) is 0 Å². The number of nitrogens with one attached hydrogen (secondary N) is 1. The molecule has 2 unspecified atom stereocenters. The van der Waals surface area contributed by atoms with E-state index in [0.29, 0.717) is 11.9 Å². The Morgan fingerprint density at radius 1 is 1.24 bits per heavy atom. The highest BCUT2D eigenvalue weighted by Gasteiger charge is 2.21. The van der Waals surface area contributed by atoms with E-state index >= 15 is 0 Å². The number of carbonyl (C=O) groups is 1. The first kappa shape index (κ1) is 18.5. The molecule has 1 saturated heterocycles. The third-order valence-electron chi connectivity index (χ3n) is 4.78. The van der Waals surface area contributed by atoms with Gasteiger partial charge in [0.25, 0.3) is 0 Å². The van der Waals surface area contributed by atoms with Crippen LogP contribution in [-0.2, 0) is 4.79 Å². The quantitative estimate of drug-likeness (QED) is 0.661. The van der Waals surface area contributed by atoms with Crippen LogP contribution in [0.15, 0.2) is 0 Å². The van der Waals surface area contributed by atoms with Crippen LogP contribution < -0.4 is 5.32 Å². The average Bonchev–Trinajstić information content (AvgIpc) is 2.66. The van der Waals surface area contributed by atoms with E-state index in [1.807, 2.05) is 0 Å². The van der Waals surface area contributed by atoms with Crippen LogP contribution in [0.2, 0.25) is 0 Å². The topological polar surface area (TPSA) is 32.3 Å². The average molecular weight is 296 g/mol. The van der Waals surface area contributed by atoms with Gasteiger partial charge in [-0.3, -0.25) is 4.79 Å². The van der Waals surface area contributed by atoms with Gasteiger partial charge in [-0.15, -0.1) is 0 Å². The summed E-state index contributed by atoms with van der Waals surface area (Å²) in [7, 11) is 0. The maximum atomic E-state index is 12.2. The number of hydrogen-bond donors (Lipinski definition) is 1. The van der Waals surface area contributed by atoms with E-state index in [4.69, 9.17) is 0 Å². The second-order valence-corrected chi connectivity index (χ2v) is 6.56. The highest BCUT2D eigenvalue weighted by atomic mass is 16.2. The smallest absolute Gasteiger partial charge is 0.222 e. The molecule has 2 atom stereocenters. The first-order valence-electron chi connectivity index (χ1n) is 9.22. The molecule has 1 N–H and O–H groups in total.